The van der Waals surface area contributed by atoms with Gasteiger partial charge >= 0.3 is 5.97 Å². The maximum Gasteiger partial charge on any atom is 0.302 e. The summed E-state index contributed by atoms with van der Waals surface area (Å²) in [5.74, 6) is 2.13. The Balaban J connectivity index is 1.66. The van der Waals surface area contributed by atoms with Gasteiger partial charge in [-0.05, 0) is 86.4 Å². The van der Waals surface area contributed by atoms with Crippen LogP contribution in [0, 0.1) is 39.9 Å². The molecule has 0 heterocycles. The van der Waals surface area contributed by atoms with Gasteiger partial charge in [0.15, 0.2) is 0 Å². The number of ketones is 1. The fraction of sp³-hybridized carbons (Fsp3) is 0.909. The van der Waals surface area contributed by atoms with Crippen LogP contribution in [-0.2, 0) is 14.3 Å². The Morgan fingerprint density at radius 1 is 1.15 bits per heavy atom. The lowest BCUT2D eigenvalue weighted by molar-refractivity contribution is -0.180. The van der Waals surface area contributed by atoms with E-state index >= 15 is 0 Å². The van der Waals surface area contributed by atoms with Crippen molar-refractivity contribution in [1.82, 2.24) is 0 Å². The van der Waals surface area contributed by atoms with Crippen molar-refractivity contribution in [2.45, 2.75) is 72.1 Å². The molecule has 4 fully saturated rings. The molecule has 0 aromatic carbocycles. The summed E-state index contributed by atoms with van der Waals surface area (Å²) in [7, 11) is 0. The van der Waals surface area contributed by atoms with Crippen LogP contribution in [0.25, 0.3) is 0 Å². The first kappa shape index (κ1) is 18.5. The van der Waals surface area contributed by atoms with Crippen LogP contribution in [-0.4, -0.2) is 30.1 Å². The minimum absolute atomic E-state index is 0.149. The van der Waals surface area contributed by atoms with Crippen molar-refractivity contribution in [2.24, 2.45) is 39.9 Å². The third-order valence-electron chi connectivity index (χ3n) is 9.20. The van der Waals surface area contributed by atoms with Crippen molar-refractivity contribution in [3.8, 4) is 0 Å². The fourth-order valence-corrected chi connectivity index (χ4v) is 8.09. The third kappa shape index (κ3) is 2.43. The topological polar surface area (TPSA) is 63.6 Å². The number of Topliss-reactive ketones (excluding diaryl/α,β-unsaturated/α-hetero) is 1. The average Bonchev–Trinajstić information content (AvgIpc) is 2.87. The average molecular weight is 363 g/mol. The van der Waals surface area contributed by atoms with Gasteiger partial charge in [-0.2, -0.15) is 0 Å². The minimum Gasteiger partial charge on any atom is -0.465 e. The van der Waals surface area contributed by atoms with Gasteiger partial charge in [-0.1, -0.05) is 6.92 Å². The summed E-state index contributed by atoms with van der Waals surface area (Å²) < 4.78 is 5.39. The molecule has 2 bridgehead atoms. The number of aliphatic hydroxyl groups is 1. The van der Waals surface area contributed by atoms with Crippen LogP contribution in [0.1, 0.15) is 72.1 Å². The lowest BCUT2D eigenvalue weighted by Crippen LogP contribution is -2.60. The second-order valence-electron chi connectivity index (χ2n) is 10.3. The van der Waals surface area contributed by atoms with E-state index in [9.17, 15) is 14.7 Å². The second-order valence-corrected chi connectivity index (χ2v) is 10.3. The van der Waals surface area contributed by atoms with Crippen molar-refractivity contribution in [3.63, 3.8) is 0 Å². The molecule has 1 N–H and O–H groups in total. The highest BCUT2D eigenvalue weighted by Crippen LogP contribution is 2.71. The SMILES string of the molecule is CC(=O)OCC1(C)C(=O)CC[C@@]2(C)[C@H]1CC[C@@]13C[C@@H](CO)[C@H](CC[C@@H]12)C3. The molecule has 4 nitrogen and oxygen atoms in total. The molecule has 1 spiro atoms. The van der Waals surface area contributed by atoms with Crippen LogP contribution in [0.15, 0.2) is 0 Å². The Bertz CT molecular complexity index is 615. The van der Waals surface area contributed by atoms with Gasteiger partial charge in [0.1, 0.15) is 12.4 Å². The van der Waals surface area contributed by atoms with Crippen LogP contribution in [0.5, 0.6) is 0 Å². The molecule has 4 rings (SSSR count). The fourth-order valence-electron chi connectivity index (χ4n) is 8.09. The van der Waals surface area contributed by atoms with Crippen molar-refractivity contribution in [2.75, 3.05) is 13.2 Å². The van der Waals surface area contributed by atoms with Crippen molar-refractivity contribution in [3.05, 3.63) is 0 Å². The van der Waals surface area contributed by atoms with E-state index in [1.54, 1.807) is 0 Å². The van der Waals surface area contributed by atoms with E-state index in [0.717, 1.165) is 12.8 Å². The molecule has 0 aromatic rings. The molecule has 4 aliphatic carbocycles. The minimum atomic E-state index is -0.536. The summed E-state index contributed by atoms with van der Waals surface area (Å²) in [6, 6.07) is 0. The van der Waals surface area contributed by atoms with E-state index in [0.29, 0.717) is 42.1 Å². The summed E-state index contributed by atoms with van der Waals surface area (Å²) in [4.78, 5) is 24.3. The molecule has 1 unspecified atom stereocenters. The predicted molar refractivity (Wildman–Crippen MR) is 98.3 cm³/mol. The summed E-state index contributed by atoms with van der Waals surface area (Å²) >= 11 is 0. The Morgan fingerprint density at radius 2 is 1.92 bits per heavy atom. The molecule has 0 amide bonds. The maximum absolute atomic E-state index is 12.9. The summed E-state index contributed by atoms with van der Waals surface area (Å²) in [5, 5.41) is 9.84. The van der Waals surface area contributed by atoms with Crippen LogP contribution in [0.3, 0.4) is 0 Å². The molecular formula is C22H34O4. The number of aliphatic hydroxyl groups excluding tert-OH is 1. The van der Waals surface area contributed by atoms with Gasteiger partial charge in [0, 0.05) is 20.0 Å². The molecule has 0 aromatic heterocycles. The van der Waals surface area contributed by atoms with Gasteiger partial charge in [0.2, 0.25) is 0 Å². The monoisotopic (exact) mass is 362 g/mol. The lowest BCUT2D eigenvalue weighted by atomic mass is 9.41. The van der Waals surface area contributed by atoms with Crippen molar-refractivity contribution in [1.29, 1.82) is 0 Å². The maximum atomic E-state index is 12.9. The first-order valence-electron chi connectivity index (χ1n) is 10.5. The Hall–Kier alpha value is -0.900. The molecular weight excluding hydrogens is 328 g/mol. The van der Waals surface area contributed by atoms with Gasteiger partial charge in [0.25, 0.3) is 0 Å². The molecule has 7 atom stereocenters. The summed E-state index contributed by atoms with van der Waals surface area (Å²) in [5.41, 5.74) is -0.00716. The first-order valence-corrected chi connectivity index (χ1v) is 10.5. The van der Waals surface area contributed by atoms with Gasteiger partial charge < -0.3 is 9.84 Å². The van der Waals surface area contributed by atoms with E-state index in [1.165, 1.54) is 39.0 Å². The molecule has 26 heavy (non-hydrogen) atoms. The Labute approximate surface area is 157 Å². The zero-order chi connectivity index (χ0) is 18.7. The standard InChI is InChI=1S/C22H34O4/c1-14(24)26-13-21(3)17-6-9-22-10-15(16(11-22)12-23)4-5-18(22)20(17,2)8-7-19(21)25/h15-18,23H,4-13H2,1-3H3/t15-,16+,17-,18-,20+,21?,22-/m1/s1. The Morgan fingerprint density at radius 3 is 2.62 bits per heavy atom. The number of carbonyl (C=O) groups excluding carboxylic acids is 2. The zero-order valence-electron chi connectivity index (χ0n) is 16.6. The molecule has 4 aliphatic rings. The van der Waals surface area contributed by atoms with Crippen LogP contribution in [0.2, 0.25) is 0 Å². The van der Waals surface area contributed by atoms with Crippen LogP contribution >= 0.6 is 0 Å². The van der Waals surface area contributed by atoms with Gasteiger partial charge in [0.05, 0.1) is 5.41 Å². The zero-order valence-corrected chi connectivity index (χ0v) is 16.6. The first-order chi connectivity index (χ1) is 12.2. The lowest BCUT2D eigenvalue weighted by Gasteiger charge is -2.63. The molecule has 0 saturated heterocycles. The number of carbonyl (C=O) groups is 2. The molecule has 146 valence electrons. The number of hydrogen-bond donors (Lipinski definition) is 1. The van der Waals surface area contributed by atoms with Gasteiger partial charge in [-0.25, -0.2) is 0 Å². The molecule has 4 saturated carbocycles. The van der Waals surface area contributed by atoms with E-state index in [-0.39, 0.29) is 23.8 Å². The van der Waals surface area contributed by atoms with Crippen LogP contribution < -0.4 is 0 Å². The quantitative estimate of drug-likeness (QED) is 0.777. The number of hydrogen-bond acceptors (Lipinski definition) is 4. The van der Waals surface area contributed by atoms with Gasteiger partial charge in [-0.15, -0.1) is 0 Å². The van der Waals surface area contributed by atoms with Crippen LogP contribution in [0.4, 0.5) is 0 Å². The van der Waals surface area contributed by atoms with E-state index < -0.39 is 5.41 Å². The smallest absolute Gasteiger partial charge is 0.302 e. The number of rotatable bonds is 3. The molecule has 4 heteroatoms. The summed E-state index contributed by atoms with van der Waals surface area (Å²) in [6.07, 6.45) is 8.75. The van der Waals surface area contributed by atoms with E-state index in [1.807, 2.05) is 0 Å². The van der Waals surface area contributed by atoms with Crippen molar-refractivity contribution < 1.29 is 19.4 Å². The van der Waals surface area contributed by atoms with E-state index in [4.69, 9.17) is 4.74 Å². The number of esters is 1. The van der Waals surface area contributed by atoms with Crippen molar-refractivity contribution >= 4 is 11.8 Å². The summed E-state index contributed by atoms with van der Waals surface area (Å²) in [6.45, 7) is 6.48. The predicted octanol–water partition coefficient (Wildman–Crippen LogP) is 3.75. The normalized spacial score (nSPS) is 50.1. The highest BCUT2D eigenvalue weighted by Gasteiger charge is 2.66. The highest BCUT2D eigenvalue weighted by molar-refractivity contribution is 5.86. The molecule has 0 radical (unpaired) electrons. The molecule has 0 aliphatic heterocycles. The van der Waals surface area contributed by atoms with Gasteiger partial charge in [-0.3, -0.25) is 9.59 Å². The van der Waals surface area contributed by atoms with E-state index in [2.05, 4.69) is 13.8 Å². The largest absolute Gasteiger partial charge is 0.465 e. The highest BCUT2D eigenvalue weighted by atomic mass is 16.5. The second kappa shape index (κ2) is 6.05. The number of ether oxygens (including phenoxy) is 1. The number of fused-ring (bicyclic) bond motifs is 3. The Kier molecular flexibility index (Phi) is 4.30. The third-order valence-corrected chi connectivity index (χ3v) is 9.20.